The SMILES string of the molecule is CCOC(=O)CC(=O)C1CN(c2nc3c(cc2F)c(=O)c(C(=O)O)cn3-c2ncns2)C1. The van der Waals surface area contributed by atoms with Gasteiger partial charge in [-0.1, -0.05) is 0 Å². The molecule has 4 heterocycles. The largest absolute Gasteiger partial charge is 0.477 e. The van der Waals surface area contributed by atoms with Crippen molar-refractivity contribution in [2.75, 3.05) is 24.6 Å². The molecule has 0 aliphatic carbocycles. The van der Waals surface area contributed by atoms with Crippen molar-refractivity contribution in [3.63, 3.8) is 0 Å². The zero-order valence-corrected chi connectivity index (χ0v) is 17.5. The van der Waals surface area contributed by atoms with Gasteiger partial charge in [0.05, 0.1) is 17.9 Å². The first kappa shape index (κ1) is 21.5. The number of hydrogen-bond acceptors (Lipinski definition) is 10. The summed E-state index contributed by atoms with van der Waals surface area (Å²) in [6, 6.07) is 0.928. The number of pyridine rings is 2. The van der Waals surface area contributed by atoms with E-state index in [1.165, 1.54) is 15.8 Å². The molecule has 3 aromatic rings. The number of carbonyl (C=O) groups is 3. The second-order valence-electron chi connectivity index (χ2n) is 6.99. The highest BCUT2D eigenvalue weighted by Gasteiger charge is 2.36. The van der Waals surface area contributed by atoms with Gasteiger partial charge in [-0.05, 0) is 13.0 Å². The van der Waals surface area contributed by atoms with Crippen LogP contribution in [-0.4, -0.2) is 61.4 Å². The Hall–Kier alpha value is -3.74. The number of aromatic nitrogens is 4. The zero-order valence-electron chi connectivity index (χ0n) is 16.6. The Bertz CT molecular complexity index is 1290. The lowest BCUT2D eigenvalue weighted by Gasteiger charge is -2.39. The lowest BCUT2D eigenvalue weighted by Crippen LogP contribution is -2.51. The van der Waals surface area contributed by atoms with Gasteiger partial charge in [-0.15, -0.1) is 0 Å². The van der Waals surface area contributed by atoms with E-state index in [4.69, 9.17) is 4.74 Å². The number of carbonyl (C=O) groups excluding carboxylic acids is 2. The van der Waals surface area contributed by atoms with E-state index in [1.54, 1.807) is 6.92 Å². The highest BCUT2D eigenvalue weighted by Crippen LogP contribution is 2.29. The number of ether oxygens (including phenoxy) is 1. The van der Waals surface area contributed by atoms with Gasteiger partial charge < -0.3 is 14.7 Å². The molecule has 4 rings (SSSR count). The molecular weight excluding hydrogens is 445 g/mol. The number of fused-ring (bicyclic) bond motifs is 1. The molecule has 3 aromatic heterocycles. The van der Waals surface area contributed by atoms with Crippen molar-refractivity contribution in [3.05, 3.63) is 40.2 Å². The van der Waals surface area contributed by atoms with Gasteiger partial charge in [0.2, 0.25) is 10.6 Å². The number of Topliss-reactive ketones (excluding diaryl/α,β-unsaturated/α-hetero) is 1. The Morgan fingerprint density at radius 1 is 1.34 bits per heavy atom. The van der Waals surface area contributed by atoms with Gasteiger partial charge in [-0.25, -0.2) is 19.2 Å². The molecule has 0 bridgehead atoms. The molecule has 11 nitrogen and oxygen atoms in total. The summed E-state index contributed by atoms with van der Waals surface area (Å²) in [7, 11) is 0. The number of anilines is 1. The Morgan fingerprint density at radius 3 is 2.72 bits per heavy atom. The normalized spacial score (nSPS) is 13.8. The molecule has 1 aliphatic rings. The Balaban J connectivity index is 1.69. The highest BCUT2D eigenvalue weighted by atomic mass is 32.1. The fourth-order valence-electron chi connectivity index (χ4n) is 3.36. The number of halogens is 1. The first-order valence-corrected chi connectivity index (χ1v) is 10.3. The molecule has 166 valence electrons. The van der Waals surface area contributed by atoms with Crippen LogP contribution in [0.15, 0.2) is 23.4 Å². The van der Waals surface area contributed by atoms with E-state index in [1.807, 2.05) is 0 Å². The summed E-state index contributed by atoms with van der Waals surface area (Å²) in [5.74, 6) is -3.80. The van der Waals surface area contributed by atoms with Crippen LogP contribution in [0, 0.1) is 11.7 Å². The Labute approximate surface area is 183 Å². The third-order valence-corrected chi connectivity index (χ3v) is 5.62. The molecule has 0 aromatic carbocycles. The third kappa shape index (κ3) is 3.82. The monoisotopic (exact) mass is 461 g/mol. The summed E-state index contributed by atoms with van der Waals surface area (Å²) in [6.07, 6.45) is 1.97. The van der Waals surface area contributed by atoms with E-state index in [-0.39, 0.29) is 53.9 Å². The van der Waals surface area contributed by atoms with Crippen LogP contribution in [-0.2, 0) is 14.3 Å². The minimum absolute atomic E-state index is 0.00875. The predicted molar refractivity (Wildman–Crippen MR) is 110 cm³/mol. The number of rotatable bonds is 7. The molecule has 0 radical (unpaired) electrons. The number of nitrogens with zero attached hydrogens (tertiary/aromatic N) is 5. The minimum Gasteiger partial charge on any atom is -0.477 e. The minimum atomic E-state index is -1.47. The van der Waals surface area contributed by atoms with Crippen LogP contribution < -0.4 is 10.3 Å². The molecule has 0 spiro atoms. The van der Waals surface area contributed by atoms with Crippen molar-refractivity contribution in [1.29, 1.82) is 0 Å². The van der Waals surface area contributed by atoms with Crippen molar-refractivity contribution in [1.82, 2.24) is 18.9 Å². The molecule has 1 fully saturated rings. The quantitative estimate of drug-likeness (QED) is 0.400. The van der Waals surface area contributed by atoms with E-state index in [0.717, 1.165) is 23.8 Å². The summed E-state index contributed by atoms with van der Waals surface area (Å²) in [4.78, 5) is 57.5. The average molecular weight is 461 g/mol. The van der Waals surface area contributed by atoms with E-state index >= 15 is 0 Å². The average Bonchev–Trinajstić information content (AvgIpc) is 3.22. The van der Waals surface area contributed by atoms with Crippen molar-refractivity contribution in [2.24, 2.45) is 5.92 Å². The maximum absolute atomic E-state index is 14.8. The van der Waals surface area contributed by atoms with E-state index < -0.39 is 34.7 Å². The molecule has 32 heavy (non-hydrogen) atoms. The van der Waals surface area contributed by atoms with Crippen LogP contribution in [0.1, 0.15) is 23.7 Å². The zero-order chi connectivity index (χ0) is 23.0. The molecular formula is C19H16FN5O6S. The van der Waals surface area contributed by atoms with E-state index in [9.17, 15) is 28.7 Å². The van der Waals surface area contributed by atoms with Gasteiger partial charge in [0.1, 0.15) is 18.3 Å². The summed E-state index contributed by atoms with van der Waals surface area (Å²) in [5, 5.41) is 9.37. The van der Waals surface area contributed by atoms with Crippen LogP contribution in [0.3, 0.4) is 0 Å². The molecule has 1 saturated heterocycles. The van der Waals surface area contributed by atoms with Crippen LogP contribution >= 0.6 is 11.5 Å². The molecule has 0 unspecified atom stereocenters. The van der Waals surface area contributed by atoms with Gasteiger partial charge in [-0.2, -0.15) is 4.37 Å². The van der Waals surface area contributed by atoms with Crippen molar-refractivity contribution in [2.45, 2.75) is 13.3 Å². The van der Waals surface area contributed by atoms with Crippen molar-refractivity contribution < 1.29 is 28.6 Å². The molecule has 0 saturated carbocycles. The Kier molecular flexibility index (Phi) is 5.65. The number of carboxylic acid groups (broad SMARTS) is 1. The molecule has 0 atom stereocenters. The standard InChI is InChI=1S/C19H16FN5O6S/c1-2-31-14(27)4-13(26)9-5-24(6-9)17-12(20)3-10-15(28)11(18(29)30)7-25(16(10)23-17)19-21-8-22-32-19/h3,7-9H,2,4-6H2,1H3,(H,29,30). The molecule has 1 aliphatic heterocycles. The van der Waals surface area contributed by atoms with Gasteiger partial charge in [0.25, 0.3) is 0 Å². The van der Waals surface area contributed by atoms with Gasteiger partial charge in [0, 0.05) is 30.8 Å². The Morgan fingerprint density at radius 2 is 2.09 bits per heavy atom. The van der Waals surface area contributed by atoms with Gasteiger partial charge in [0.15, 0.2) is 23.1 Å². The fraction of sp³-hybridized carbons (Fsp3) is 0.316. The van der Waals surface area contributed by atoms with Crippen LogP contribution in [0.2, 0.25) is 0 Å². The van der Waals surface area contributed by atoms with Crippen LogP contribution in [0.25, 0.3) is 16.2 Å². The summed E-state index contributed by atoms with van der Waals surface area (Å²) >= 11 is 0.940. The van der Waals surface area contributed by atoms with Crippen molar-refractivity contribution in [3.8, 4) is 5.13 Å². The first-order valence-electron chi connectivity index (χ1n) is 9.49. The second kappa shape index (κ2) is 8.42. The molecule has 1 N–H and O–H groups in total. The number of carboxylic acids is 1. The maximum Gasteiger partial charge on any atom is 0.341 e. The number of ketones is 1. The molecule has 0 amide bonds. The lowest BCUT2D eigenvalue weighted by molar-refractivity contribution is -0.146. The summed E-state index contributed by atoms with van der Waals surface area (Å²) < 4.78 is 24.7. The van der Waals surface area contributed by atoms with Crippen molar-refractivity contribution >= 4 is 46.1 Å². The summed E-state index contributed by atoms with van der Waals surface area (Å²) in [6.45, 7) is 2.10. The van der Waals surface area contributed by atoms with E-state index in [0.29, 0.717) is 0 Å². The summed E-state index contributed by atoms with van der Waals surface area (Å²) in [5.41, 5.74) is -1.43. The molecule has 13 heteroatoms. The number of esters is 1. The van der Waals surface area contributed by atoms with Crippen LogP contribution in [0.4, 0.5) is 10.2 Å². The first-order chi connectivity index (χ1) is 15.3. The predicted octanol–water partition coefficient (Wildman–Crippen LogP) is 1.03. The lowest BCUT2D eigenvalue weighted by atomic mass is 9.93. The second-order valence-corrected chi connectivity index (χ2v) is 7.74. The smallest absolute Gasteiger partial charge is 0.341 e. The van der Waals surface area contributed by atoms with Gasteiger partial charge >= 0.3 is 11.9 Å². The highest BCUT2D eigenvalue weighted by molar-refractivity contribution is 7.08. The van der Waals surface area contributed by atoms with E-state index in [2.05, 4.69) is 14.3 Å². The topological polar surface area (TPSA) is 145 Å². The third-order valence-electron chi connectivity index (χ3n) is 4.96. The maximum atomic E-state index is 14.8. The fourth-order valence-corrected chi connectivity index (χ4v) is 3.87. The number of hydrogen-bond donors (Lipinski definition) is 1. The number of aromatic carboxylic acids is 1. The van der Waals surface area contributed by atoms with Crippen LogP contribution in [0.5, 0.6) is 0 Å². The van der Waals surface area contributed by atoms with Gasteiger partial charge in [-0.3, -0.25) is 19.0 Å².